The first-order valence-corrected chi connectivity index (χ1v) is 9.96. The molecule has 6 heteroatoms. The van der Waals surface area contributed by atoms with Gasteiger partial charge in [0, 0.05) is 18.3 Å². The summed E-state index contributed by atoms with van der Waals surface area (Å²) in [5.74, 6) is -0.604. The second-order valence-electron chi connectivity index (χ2n) is 7.36. The average molecular weight is 420 g/mol. The van der Waals surface area contributed by atoms with Crippen molar-refractivity contribution in [2.45, 2.75) is 13.8 Å². The monoisotopic (exact) mass is 420 g/mol. The number of hydrogen-bond donors (Lipinski definition) is 1. The molecule has 0 atom stereocenters. The van der Waals surface area contributed by atoms with E-state index in [1.807, 2.05) is 38.1 Å². The second-order valence-corrected chi connectivity index (χ2v) is 7.36. The molecule has 0 bridgehead atoms. The Morgan fingerprint density at radius 2 is 1.77 bits per heavy atom. The lowest BCUT2D eigenvalue weighted by atomic mass is 10.1. The van der Waals surface area contributed by atoms with Crippen LogP contribution in [0.5, 0.6) is 5.75 Å². The molecule has 0 aliphatic carbocycles. The molecule has 0 spiro atoms. The SMILES string of the molecule is Cc1cccc(OCCN(C)C(=O)c2ccc(C)c(NC(=O)c3ccccc3F)c2)c1. The minimum absolute atomic E-state index is 0.0518. The van der Waals surface area contributed by atoms with Crippen LogP contribution in [0.2, 0.25) is 0 Å². The number of amides is 2. The van der Waals surface area contributed by atoms with Gasteiger partial charge in [0.1, 0.15) is 18.2 Å². The van der Waals surface area contributed by atoms with Gasteiger partial charge in [0.25, 0.3) is 11.8 Å². The van der Waals surface area contributed by atoms with Crippen LogP contribution in [-0.4, -0.2) is 36.9 Å². The number of likely N-dealkylation sites (N-methyl/N-ethyl adjacent to an activating group) is 1. The van der Waals surface area contributed by atoms with E-state index in [-0.39, 0.29) is 11.5 Å². The van der Waals surface area contributed by atoms with E-state index in [0.29, 0.717) is 24.4 Å². The summed E-state index contributed by atoms with van der Waals surface area (Å²) < 4.78 is 19.6. The maximum Gasteiger partial charge on any atom is 0.258 e. The van der Waals surface area contributed by atoms with Crippen molar-refractivity contribution in [2.75, 3.05) is 25.5 Å². The maximum atomic E-state index is 13.9. The fourth-order valence-corrected chi connectivity index (χ4v) is 3.05. The minimum atomic E-state index is -0.599. The van der Waals surface area contributed by atoms with E-state index in [4.69, 9.17) is 4.74 Å². The van der Waals surface area contributed by atoms with Crippen LogP contribution < -0.4 is 10.1 Å². The molecule has 2 amide bonds. The molecule has 0 aromatic heterocycles. The van der Waals surface area contributed by atoms with Crippen molar-refractivity contribution in [3.8, 4) is 5.75 Å². The van der Waals surface area contributed by atoms with Crippen molar-refractivity contribution in [3.05, 3.63) is 94.8 Å². The van der Waals surface area contributed by atoms with Gasteiger partial charge in [-0.1, -0.05) is 30.3 Å². The van der Waals surface area contributed by atoms with Gasteiger partial charge in [-0.3, -0.25) is 9.59 Å². The Balaban J connectivity index is 1.64. The number of carbonyl (C=O) groups is 2. The third-order valence-electron chi connectivity index (χ3n) is 4.88. The quantitative estimate of drug-likeness (QED) is 0.595. The highest BCUT2D eigenvalue weighted by Crippen LogP contribution is 2.20. The Morgan fingerprint density at radius 1 is 1.00 bits per heavy atom. The zero-order valence-electron chi connectivity index (χ0n) is 17.8. The molecule has 0 saturated heterocycles. The molecule has 0 fully saturated rings. The fraction of sp³-hybridized carbons (Fsp3) is 0.200. The largest absolute Gasteiger partial charge is 0.492 e. The van der Waals surface area contributed by atoms with E-state index < -0.39 is 11.7 Å². The Morgan fingerprint density at radius 3 is 2.52 bits per heavy atom. The summed E-state index contributed by atoms with van der Waals surface area (Å²) >= 11 is 0. The van der Waals surface area contributed by atoms with Crippen molar-refractivity contribution < 1.29 is 18.7 Å². The molecule has 0 heterocycles. The van der Waals surface area contributed by atoms with E-state index in [1.165, 1.54) is 18.2 Å². The molecule has 0 saturated carbocycles. The number of hydrogen-bond acceptors (Lipinski definition) is 3. The summed E-state index contributed by atoms with van der Waals surface area (Å²) in [4.78, 5) is 26.8. The molecule has 3 aromatic rings. The van der Waals surface area contributed by atoms with Gasteiger partial charge < -0.3 is 15.0 Å². The number of rotatable bonds is 7. The number of anilines is 1. The first kappa shape index (κ1) is 22.0. The molecule has 5 nitrogen and oxygen atoms in total. The Hall–Kier alpha value is -3.67. The van der Waals surface area contributed by atoms with Crippen LogP contribution in [0, 0.1) is 19.7 Å². The fourth-order valence-electron chi connectivity index (χ4n) is 3.05. The van der Waals surface area contributed by atoms with Crippen LogP contribution in [-0.2, 0) is 0 Å². The Bertz CT molecular complexity index is 1100. The molecular weight excluding hydrogens is 395 g/mol. The highest BCUT2D eigenvalue weighted by atomic mass is 19.1. The Labute approximate surface area is 181 Å². The highest BCUT2D eigenvalue weighted by molar-refractivity contribution is 6.05. The molecule has 1 N–H and O–H groups in total. The first-order chi connectivity index (χ1) is 14.8. The van der Waals surface area contributed by atoms with Gasteiger partial charge in [-0.25, -0.2) is 4.39 Å². The van der Waals surface area contributed by atoms with Crippen molar-refractivity contribution in [1.29, 1.82) is 0 Å². The molecule has 3 aromatic carbocycles. The minimum Gasteiger partial charge on any atom is -0.492 e. The van der Waals surface area contributed by atoms with Crippen molar-refractivity contribution in [1.82, 2.24) is 4.90 Å². The van der Waals surface area contributed by atoms with E-state index in [0.717, 1.165) is 16.9 Å². The van der Waals surface area contributed by atoms with Gasteiger partial charge in [-0.05, 0) is 61.4 Å². The third-order valence-corrected chi connectivity index (χ3v) is 4.88. The summed E-state index contributed by atoms with van der Waals surface area (Å²) in [5.41, 5.74) is 2.71. The van der Waals surface area contributed by atoms with Crippen LogP contribution >= 0.6 is 0 Å². The molecule has 160 valence electrons. The van der Waals surface area contributed by atoms with E-state index in [9.17, 15) is 14.0 Å². The second kappa shape index (κ2) is 9.89. The van der Waals surface area contributed by atoms with Crippen molar-refractivity contribution >= 4 is 17.5 Å². The van der Waals surface area contributed by atoms with Crippen LogP contribution in [0.3, 0.4) is 0 Å². The van der Waals surface area contributed by atoms with E-state index in [1.54, 1.807) is 36.2 Å². The predicted octanol–water partition coefficient (Wildman–Crippen LogP) is 4.85. The third kappa shape index (κ3) is 5.69. The molecular formula is C25H25FN2O3. The number of carbonyl (C=O) groups excluding carboxylic acids is 2. The number of nitrogens with one attached hydrogen (secondary N) is 1. The number of benzene rings is 3. The zero-order chi connectivity index (χ0) is 22.4. The number of ether oxygens (including phenoxy) is 1. The molecule has 3 rings (SSSR count). The van der Waals surface area contributed by atoms with E-state index >= 15 is 0 Å². The van der Waals surface area contributed by atoms with E-state index in [2.05, 4.69) is 5.32 Å². The molecule has 0 unspecified atom stereocenters. The zero-order valence-corrected chi connectivity index (χ0v) is 17.8. The molecule has 31 heavy (non-hydrogen) atoms. The van der Waals surface area contributed by atoms with Gasteiger partial charge in [0.05, 0.1) is 12.1 Å². The molecule has 0 aliphatic heterocycles. The topological polar surface area (TPSA) is 58.6 Å². The van der Waals surface area contributed by atoms with Gasteiger partial charge in [-0.2, -0.15) is 0 Å². The van der Waals surface area contributed by atoms with Crippen LogP contribution in [0.25, 0.3) is 0 Å². The van der Waals surface area contributed by atoms with Gasteiger partial charge in [0.15, 0.2) is 0 Å². The lowest BCUT2D eigenvalue weighted by Gasteiger charge is -2.19. The summed E-state index contributed by atoms with van der Waals surface area (Å²) in [6.45, 7) is 4.55. The lowest BCUT2D eigenvalue weighted by Crippen LogP contribution is -2.31. The van der Waals surface area contributed by atoms with Crippen molar-refractivity contribution in [3.63, 3.8) is 0 Å². The average Bonchev–Trinajstić information content (AvgIpc) is 2.75. The molecule has 0 aliphatic rings. The summed E-state index contributed by atoms with van der Waals surface area (Å²) in [6, 6.07) is 18.5. The Kier molecular flexibility index (Phi) is 7.03. The van der Waals surface area contributed by atoms with Crippen LogP contribution in [0.4, 0.5) is 10.1 Å². The van der Waals surface area contributed by atoms with Gasteiger partial charge in [-0.15, -0.1) is 0 Å². The lowest BCUT2D eigenvalue weighted by molar-refractivity contribution is 0.0773. The van der Waals surface area contributed by atoms with Gasteiger partial charge >= 0.3 is 0 Å². The first-order valence-electron chi connectivity index (χ1n) is 9.96. The van der Waals surface area contributed by atoms with Gasteiger partial charge in [0.2, 0.25) is 0 Å². The van der Waals surface area contributed by atoms with Crippen LogP contribution in [0.1, 0.15) is 31.8 Å². The highest BCUT2D eigenvalue weighted by Gasteiger charge is 2.16. The smallest absolute Gasteiger partial charge is 0.258 e. The maximum absolute atomic E-state index is 13.9. The standard InChI is InChI=1S/C25H25FN2O3/c1-17-7-6-8-20(15-17)31-14-13-28(3)25(30)19-12-11-18(2)23(16-19)27-24(29)21-9-4-5-10-22(21)26/h4-12,15-16H,13-14H2,1-3H3,(H,27,29). The normalized spacial score (nSPS) is 10.5. The summed E-state index contributed by atoms with van der Waals surface area (Å²) in [5, 5.41) is 2.70. The number of halogens is 1. The predicted molar refractivity (Wildman–Crippen MR) is 119 cm³/mol. The number of aryl methyl sites for hydroxylation is 2. The van der Waals surface area contributed by atoms with Crippen molar-refractivity contribution in [2.24, 2.45) is 0 Å². The summed E-state index contributed by atoms with van der Waals surface area (Å²) in [7, 11) is 1.69. The summed E-state index contributed by atoms with van der Waals surface area (Å²) in [6.07, 6.45) is 0. The number of nitrogens with zero attached hydrogens (tertiary/aromatic N) is 1. The molecule has 0 radical (unpaired) electrons. The van der Waals surface area contributed by atoms with Crippen LogP contribution in [0.15, 0.2) is 66.7 Å².